The summed E-state index contributed by atoms with van der Waals surface area (Å²) in [6.45, 7) is 5.14. The molecular weight excluding hydrogens is 268 g/mol. The number of methoxy groups -OCH3 is 1. The first kappa shape index (κ1) is 14.4. The summed E-state index contributed by atoms with van der Waals surface area (Å²) in [4.78, 5) is 4.75. The van der Waals surface area contributed by atoms with Gasteiger partial charge in [0.25, 0.3) is 0 Å². The normalized spacial score (nSPS) is 15.0. The van der Waals surface area contributed by atoms with Crippen LogP contribution < -0.4 is 4.74 Å². The lowest BCUT2D eigenvalue weighted by atomic mass is 10.3. The molecule has 3 rings (SSSR count). The molecule has 0 bridgehead atoms. The van der Waals surface area contributed by atoms with Crippen molar-refractivity contribution >= 4 is 11.0 Å². The molecule has 1 aromatic carbocycles. The fourth-order valence-electron chi connectivity index (χ4n) is 2.61. The van der Waals surface area contributed by atoms with E-state index in [2.05, 4.69) is 10.6 Å². The summed E-state index contributed by atoms with van der Waals surface area (Å²) in [5.41, 5.74) is 2.05. The first-order valence-electron chi connectivity index (χ1n) is 7.57. The number of rotatable bonds is 7. The number of ether oxygens (including phenoxy) is 3. The van der Waals surface area contributed by atoms with Crippen LogP contribution in [0.15, 0.2) is 18.2 Å². The molecule has 0 aliphatic heterocycles. The van der Waals surface area contributed by atoms with E-state index in [1.54, 1.807) is 7.11 Å². The first-order valence-corrected chi connectivity index (χ1v) is 7.57. The molecule has 5 heteroatoms. The quantitative estimate of drug-likeness (QED) is 0.733. The van der Waals surface area contributed by atoms with Crippen LogP contribution in [0.3, 0.4) is 0 Å². The van der Waals surface area contributed by atoms with Gasteiger partial charge < -0.3 is 18.8 Å². The van der Waals surface area contributed by atoms with Crippen LogP contribution in [-0.2, 0) is 9.47 Å². The Balaban J connectivity index is 2.08. The van der Waals surface area contributed by atoms with E-state index >= 15 is 0 Å². The third-order valence-electron chi connectivity index (χ3n) is 3.68. The van der Waals surface area contributed by atoms with E-state index in [0.717, 1.165) is 22.6 Å². The van der Waals surface area contributed by atoms with Crippen LogP contribution >= 0.6 is 0 Å². The fourth-order valence-corrected chi connectivity index (χ4v) is 2.61. The number of nitrogens with zero attached hydrogens (tertiary/aromatic N) is 2. The minimum Gasteiger partial charge on any atom is -0.497 e. The highest BCUT2D eigenvalue weighted by Gasteiger charge is 2.31. The lowest BCUT2D eigenvalue weighted by Gasteiger charge is -2.18. The summed E-state index contributed by atoms with van der Waals surface area (Å²) < 4.78 is 19.0. The zero-order chi connectivity index (χ0) is 14.8. The summed E-state index contributed by atoms with van der Waals surface area (Å²) in [7, 11) is 1.67. The number of imidazole rings is 1. The van der Waals surface area contributed by atoms with E-state index < -0.39 is 6.29 Å². The molecule has 0 spiro atoms. The number of hydrogen-bond donors (Lipinski definition) is 0. The van der Waals surface area contributed by atoms with Gasteiger partial charge in [-0.2, -0.15) is 0 Å². The smallest absolute Gasteiger partial charge is 0.217 e. The molecule has 0 radical (unpaired) electrons. The van der Waals surface area contributed by atoms with Crippen molar-refractivity contribution in [2.75, 3.05) is 20.3 Å². The van der Waals surface area contributed by atoms with Gasteiger partial charge in [0.05, 0.1) is 18.1 Å². The molecule has 21 heavy (non-hydrogen) atoms. The van der Waals surface area contributed by atoms with Gasteiger partial charge in [-0.3, -0.25) is 0 Å². The van der Waals surface area contributed by atoms with E-state index in [1.165, 1.54) is 12.8 Å². The summed E-state index contributed by atoms with van der Waals surface area (Å²) in [5.74, 6) is 1.68. The number of fused-ring (bicyclic) bond motifs is 1. The van der Waals surface area contributed by atoms with Gasteiger partial charge in [-0.25, -0.2) is 4.98 Å². The SMILES string of the molecule is CCOC(OCC)c1nc2cc(OC)ccc2n1C1CC1. The minimum atomic E-state index is -0.404. The van der Waals surface area contributed by atoms with Crippen LogP contribution in [0.1, 0.15) is 44.8 Å². The third-order valence-corrected chi connectivity index (χ3v) is 3.68. The molecule has 0 atom stereocenters. The molecule has 0 amide bonds. The maximum Gasteiger partial charge on any atom is 0.217 e. The van der Waals surface area contributed by atoms with Gasteiger partial charge in [-0.05, 0) is 38.8 Å². The standard InChI is InChI=1S/C16H22N2O3/c1-4-20-16(21-5-2)15-17-13-10-12(19-3)8-9-14(13)18(15)11-6-7-11/h8-11,16H,4-7H2,1-3H3. The highest BCUT2D eigenvalue weighted by molar-refractivity contribution is 5.78. The maximum absolute atomic E-state index is 5.74. The molecule has 2 aromatic rings. The van der Waals surface area contributed by atoms with Gasteiger partial charge in [-0.1, -0.05) is 0 Å². The van der Waals surface area contributed by atoms with Crippen LogP contribution in [0.4, 0.5) is 0 Å². The molecular formula is C16H22N2O3. The van der Waals surface area contributed by atoms with Crippen molar-refractivity contribution in [2.45, 2.75) is 39.0 Å². The van der Waals surface area contributed by atoms with Crippen LogP contribution in [0.2, 0.25) is 0 Å². The second kappa shape index (κ2) is 6.03. The molecule has 1 aliphatic rings. The molecule has 1 heterocycles. The Hall–Kier alpha value is -1.59. The number of aromatic nitrogens is 2. The molecule has 0 unspecified atom stereocenters. The zero-order valence-electron chi connectivity index (χ0n) is 12.8. The predicted octanol–water partition coefficient (Wildman–Crippen LogP) is 3.45. The van der Waals surface area contributed by atoms with E-state index in [-0.39, 0.29) is 0 Å². The Bertz CT molecular complexity index is 613. The largest absolute Gasteiger partial charge is 0.497 e. The molecule has 0 N–H and O–H groups in total. The van der Waals surface area contributed by atoms with E-state index in [4.69, 9.17) is 19.2 Å². The highest BCUT2D eigenvalue weighted by Crippen LogP contribution is 2.41. The van der Waals surface area contributed by atoms with Crippen molar-refractivity contribution in [3.05, 3.63) is 24.0 Å². The van der Waals surface area contributed by atoms with Crippen molar-refractivity contribution in [2.24, 2.45) is 0 Å². The van der Waals surface area contributed by atoms with E-state index in [9.17, 15) is 0 Å². The monoisotopic (exact) mass is 290 g/mol. The summed E-state index contributed by atoms with van der Waals surface area (Å²) in [6, 6.07) is 6.52. The van der Waals surface area contributed by atoms with Gasteiger partial charge in [0.15, 0.2) is 5.82 Å². The highest BCUT2D eigenvalue weighted by atomic mass is 16.7. The van der Waals surface area contributed by atoms with Crippen LogP contribution in [0, 0.1) is 0 Å². The van der Waals surface area contributed by atoms with E-state index in [1.807, 2.05) is 26.0 Å². The average Bonchev–Trinajstić information content (AvgIpc) is 3.26. The maximum atomic E-state index is 5.74. The van der Waals surface area contributed by atoms with E-state index in [0.29, 0.717) is 19.3 Å². The Morgan fingerprint density at radius 3 is 2.52 bits per heavy atom. The number of hydrogen-bond acceptors (Lipinski definition) is 4. The molecule has 5 nitrogen and oxygen atoms in total. The fraction of sp³-hybridized carbons (Fsp3) is 0.562. The molecule has 1 aliphatic carbocycles. The molecule has 114 valence electrons. The predicted molar refractivity (Wildman–Crippen MR) is 80.5 cm³/mol. The number of benzene rings is 1. The Labute approximate surface area is 124 Å². The molecule has 1 saturated carbocycles. The van der Waals surface area contributed by atoms with Crippen LogP contribution in [0.25, 0.3) is 11.0 Å². The van der Waals surface area contributed by atoms with Gasteiger partial charge in [0.2, 0.25) is 6.29 Å². The molecule has 0 saturated heterocycles. The third kappa shape index (κ3) is 2.76. The van der Waals surface area contributed by atoms with Gasteiger partial charge in [0.1, 0.15) is 5.75 Å². The van der Waals surface area contributed by atoms with Crippen molar-refractivity contribution in [1.82, 2.24) is 9.55 Å². The van der Waals surface area contributed by atoms with Crippen LogP contribution in [0.5, 0.6) is 5.75 Å². The lowest BCUT2D eigenvalue weighted by Crippen LogP contribution is -2.15. The van der Waals surface area contributed by atoms with Gasteiger partial charge >= 0.3 is 0 Å². The van der Waals surface area contributed by atoms with Crippen molar-refractivity contribution < 1.29 is 14.2 Å². The van der Waals surface area contributed by atoms with Crippen molar-refractivity contribution in [3.8, 4) is 5.75 Å². The molecule has 1 fully saturated rings. The summed E-state index contributed by atoms with van der Waals surface area (Å²) in [5, 5.41) is 0. The van der Waals surface area contributed by atoms with Crippen molar-refractivity contribution in [1.29, 1.82) is 0 Å². The van der Waals surface area contributed by atoms with Crippen LogP contribution in [-0.4, -0.2) is 29.9 Å². The average molecular weight is 290 g/mol. The summed E-state index contributed by atoms with van der Waals surface area (Å²) >= 11 is 0. The Kier molecular flexibility index (Phi) is 4.12. The summed E-state index contributed by atoms with van der Waals surface area (Å²) in [6.07, 6.45) is 1.98. The topological polar surface area (TPSA) is 45.5 Å². The van der Waals surface area contributed by atoms with Gasteiger partial charge in [0, 0.05) is 25.3 Å². The Morgan fingerprint density at radius 1 is 1.24 bits per heavy atom. The first-order chi connectivity index (χ1) is 10.3. The zero-order valence-corrected chi connectivity index (χ0v) is 12.8. The second-order valence-corrected chi connectivity index (χ2v) is 5.17. The minimum absolute atomic E-state index is 0.404. The van der Waals surface area contributed by atoms with Gasteiger partial charge in [-0.15, -0.1) is 0 Å². The second-order valence-electron chi connectivity index (χ2n) is 5.17. The lowest BCUT2D eigenvalue weighted by molar-refractivity contribution is -0.146. The molecule has 1 aromatic heterocycles. The van der Waals surface area contributed by atoms with Crippen molar-refractivity contribution in [3.63, 3.8) is 0 Å². The Morgan fingerprint density at radius 2 is 1.95 bits per heavy atom.